The molecule has 0 saturated heterocycles. The Morgan fingerprint density at radius 3 is 2.80 bits per heavy atom. The van der Waals surface area contributed by atoms with Crippen LogP contribution in [0.1, 0.15) is 26.2 Å². The lowest BCUT2D eigenvalue weighted by Crippen LogP contribution is -2.25. The molecule has 0 fully saturated rings. The van der Waals surface area contributed by atoms with Crippen LogP contribution in [0.4, 0.5) is 0 Å². The van der Waals surface area contributed by atoms with Crippen LogP contribution in [0.3, 0.4) is 0 Å². The molecule has 0 aliphatic carbocycles. The number of ether oxygens (including phenoxy) is 1. The number of rotatable bonds is 9. The number of nitrogens with one attached hydrogen (secondary N) is 1. The zero-order valence-electron chi connectivity index (χ0n) is 9.24. The van der Waals surface area contributed by atoms with Crippen molar-refractivity contribution in [1.29, 1.82) is 0 Å². The molecule has 0 aliphatic rings. The van der Waals surface area contributed by atoms with E-state index in [-0.39, 0.29) is 12.5 Å². The van der Waals surface area contributed by atoms with Gasteiger partial charge >= 0.3 is 0 Å². The van der Waals surface area contributed by atoms with Gasteiger partial charge in [0.15, 0.2) is 0 Å². The Morgan fingerprint density at radius 1 is 1.47 bits per heavy atom. The van der Waals surface area contributed by atoms with E-state index in [1.165, 1.54) is 0 Å². The quantitative estimate of drug-likeness (QED) is 0.464. The summed E-state index contributed by atoms with van der Waals surface area (Å²) in [7, 11) is 0. The first kappa shape index (κ1) is 14.3. The fourth-order valence-corrected chi connectivity index (χ4v) is 0.997. The molecule has 5 heteroatoms. The molecule has 0 rings (SSSR count). The first-order valence-corrected chi connectivity index (χ1v) is 5.30. The second-order valence-electron chi connectivity index (χ2n) is 3.43. The normalized spacial score (nSPS) is 12.5. The summed E-state index contributed by atoms with van der Waals surface area (Å²) in [5.41, 5.74) is 0. The maximum Gasteiger partial charge on any atom is 0.220 e. The summed E-state index contributed by atoms with van der Waals surface area (Å²) in [5, 5.41) is 20.1. The summed E-state index contributed by atoms with van der Waals surface area (Å²) < 4.78 is 5.02. The van der Waals surface area contributed by atoms with Gasteiger partial charge in [0.2, 0.25) is 5.91 Å². The van der Waals surface area contributed by atoms with E-state index in [2.05, 4.69) is 5.32 Å². The lowest BCUT2D eigenvalue weighted by molar-refractivity contribution is -0.121. The summed E-state index contributed by atoms with van der Waals surface area (Å²) in [5.74, 6) is -0.0435. The average molecular weight is 219 g/mol. The number of amides is 1. The molecular weight excluding hydrogens is 198 g/mol. The number of carbonyl (C=O) groups is 1. The topological polar surface area (TPSA) is 78.8 Å². The smallest absolute Gasteiger partial charge is 0.220 e. The molecule has 0 aromatic heterocycles. The van der Waals surface area contributed by atoms with Crippen LogP contribution in [0.25, 0.3) is 0 Å². The summed E-state index contributed by atoms with van der Waals surface area (Å²) in [6.45, 7) is 3.15. The van der Waals surface area contributed by atoms with Gasteiger partial charge in [-0.3, -0.25) is 4.79 Å². The van der Waals surface area contributed by atoms with Crippen LogP contribution < -0.4 is 5.32 Å². The van der Waals surface area contributed by atoms with Gasteiger partial charge in [0, 0.05) is 19.6 Å². The summed E-state index contributed by atoms with van der Waals surface area (Å²) in [6.07, 6.45) is 1.16. The molecule has 1 amide bonds. The number of carbonyl (C=O) groups excluding carboxylic acids is 1. The van der Waals surface area contributed by atoms with Gasteiger partial charge in [-0.25, -0.2) is 0 Å². The van der Waals surface area contributed by atoms with E-state index in [0.717, 1.165) is 6.42 Å². The molecule has 0 aromatic rings. The van der Waals surface area contributed by atoms with Crippen molar-refractivity contribution in [3.05, 3.63) is 0 Å². The van der Waals surface area contributed by atoms with Gasteiger partial charge in [0.05, 0.1) is 19.3 Å². The molecule has 0 saturated carbocycles. The first-order valence-electron chi connectivity index (χ1n) is 5.30. The lowest BCUT2D eigenvalue weighted by atomic mass is 10.2. The van der Waals surface area contributed by atoms with Crippen molar-refractivity contribution in [1.82, 2.24) is 5.32 Å². The Kier molecular flexibility index (Phi) is 9.46. The third-order valence-electron chi connectivity index (χ3n) is 1.81. The minimum atomic E-state index is -0.427. The van der Waals surface area contributed by atoms with E-state index in [9.17, 15) is 4.79 Å². The van der Waals surface area contributed by atoms with Crippen molar-refractivity contribution in [2.45, 2.75) is 32.3 Å². The molecule has 15 heavy (non-hydrogen) atoms. The maximum atomic E-state index is 11.1. The number of hydrogen-bond acceptors (Lipinski definition) is 4. The Balaban J connectivity index is 3.17. The van der Waals surface area contributed by atoms with Crippen LogP contribution in [0.2, 0.25) is 0 Å². The lowest BCUT2D eigenvalue weighted by Gasteiger charge is -2.06. The second kappa shape index (κ2) is 9.89. The number of aliphatic hydroxyl groups excluding tert-OH is 2. The van der Waals surface area contributed by atoms with Crippen molar-refractivity contribution in [3.8, 4) is 0 Å². The predicted molar refractivity (Wildman–Crippen MR) is 56.4 cm³/mol. The molecular formula is C10H21NO4. The molecule has 0 aromatic carbocycles. The second-order valence-corrected chi connectivity index (χ2v) is 3.43. The zero-order chi connectivity index (χ0) is 11.5. The van der Waals surface area contributed by atoms with Crippen molar-refractivity contribution < 1.29 is 19.7 Å². The van der Waals surface area contributed by atoms with Crippen LogP contribution in [0.15, 0.2) is 0 Å². The van der Waals surface area contributed by atoms with Crippen LogP contribution in [0, 0.1) is 0 Å². The summed E-state index contributed by atoms with van der Waals surface area (Å²) >= 11 is 0. The highest BCUT2D eigenvalue weighted by Gasteiger charge is 2.02. The number of aliphatic hydroxyl groups is 2. The van der Waals surface area contributed by atoms with E-state index in [1.54, 1.807) is 6.92 Å². The van der Waals surface area contributed by atoms with Crippen LogP contribution in [-0.2, 0) is 9.53 Å². The molecule has 90 valence electrons. The fraction of sp³-hybridized carbons (Fsp3) is 0.900. The standard InChI is InChI=1S/C10H21NO4/c1-9(13)3-4-10(14)11-5-2-7-15-8-6-12/h9,12-13H,2-8H2,1H3,(H,11,14). The highest BCUT2D eigenvalue weighted by molar-refractivity contribution is 5.75. The maximum absolute atomic E-state index is 11.1. The molecule has 0 bridgehead atoms. The Bertz CT molecular complexity index is 162. The van der Waals surface area contributed by atoms with Crippen molar-refractivity contribution in [2.75, 3.05) is 26.4 Å². The van der Waals surface area contributed by atoms with Crippen molar-refractivity contribution >= 4 is 5.91 Å². The summed E-state index contributed by atoms with van der Waals surface area (Å²) in [6, 6.07) is 0. The van der Waals surface area contributed by atoms with Crippen LogP contribution in [-0.4, -0.2) is 48.6 Å². The fourth-order valence-electron chi connectivity index (χ4n) is 0.997. The predicted octanol–water partition coefficient (Wildman–Crippen LogP) is -0.337. The minimum absolute atomic E-state index is 0.0285. The monoisotopic (exact) mass is 219 g/mol. The van der Waals surface area contributed by atoms with Crippen LogP contribution >= 0.6 is 0 Å². The minimum Gasteiger partial charge on any atom is -0.394 e. The Hall–Kier alpha value is -0.650. The van der Waals surface area contributed by atoms with E-state index >= 15 is 0 Å². The van der Waals surface area contributed by atoms with E-state index < -0.39 is 6.10 Å². The van der Waals surface area contributed by atoms with Gasteiger partial charge in [-0.05, 0) is 19.8 Å². The third kappa shape index (κ3) is 11.3. The Labute approximate surface area is 90.4 Å². The van der Waals surface area contributed by atoms with Gasteiger partial charge in [0.25, 0.3) is 0 Å². The Morgan fingerprint density at radius 2 is 2.20 bits per heavy atom. The molecule has 0 spiro atoms. The number of hydrogen-bond donors (Lipinski definition) is 3. The van der Waals surface area contributed by atoms with E-state index in [0.29, 0.717) is 32.6 Å². The SMILES string of the molecule is CC(O)CCC(=O)NCCCOCCO. The van der Waals surface area contributed by atoms with E-state index in [1.807, 2.05) is 0 Å². The van der Waals surface area contributed by atoms with Crippen LogP contribution in [0.5, 0.6) is 0 Å². The zero-order valence-corrected chi connectivity index (χ0v) is 9.24. The largest absolute Gasteiger partial charge is 0.394 e. The van der Waals surface area contributed by atoms with Gasteiger partial charge in [-0.1, -0.05) is 0 Å². The van der Waals surface area contributed by atoms with E-state index in [4.69, 9.17) is 14.9 Å². The molecule has 5 nitrogen and oxygen atoms in total. The van der Waals surface area contributed by atoms with Gasteiger partial charge in [0.1, 0.15) is 0 Å². The molecule has 0 aliphatic heterocycles. The molecule has 1 atom stereocenters. The highest BCUT2D eigenvalue weighted by atomic mass is 16.5. The molecule has 0 heterocycles. The highest BCUT2D eigenvalue weighted by Crippen LogP contribution is 1.94. The van der Waals surface area contributed by atoms with Gasteiger partial charge < -0.3 is 20.3 Å². The molecule has 0 radical (unpaired) electrons. The molecule has 1 unspecified atom stereocenters. The average Bonchev–Trinajstić information content (AvgIpc) is 2.20. The van der Waals surface area contributed by atoms with Crippen molar-refractivity contribution in [2.24, 2.45) is 0 Å². The summed E-state index contributed by atoms with van der Waals surface area (Å²) in [4.78, 5) is 11.1. The van der Waals surface area contributed by atoms with Gasteiger partial charge in [-0.2, -0.15) is 0 Å². The first-order chi connectivity index (χ1) is 7.16. The third-order valence-corrected chi connectivity index (χ3v) is 1.81. The van der Waals surface area contributed by atoms with Gasteiger partial charge in [-0.15, -0.1) is 0 Å². The molecule has 3 N–H and O–H groups in total. The van der Waals surface area contributed by atoms with Crippen molar-refractivity contribution in [3.63, 3.8) is 0 Å².